The van der Waals surface area contributed by atoms with Gasteiger partial charge in [0, 0.05) is 29.9 Å². The zero-order valence-electron chi connectivity index (χ0n) is 12.9. The Balaban J connectivity index is 1.38. The van der Waals surface area contributed by atoms with Crippen LogP contribution in [0.1, 0.15) is 37.2 Å². The van der Waals surface area contributed by atoms with Crippen LogP contribution in [-0.2, 0) is 4.79 Å². The van der Waals surface area contributed by atoms with Gasteiger partial charge in [-0.2, -0.15) is 0 Å². The normalized spacial score (nSPS) is 29.8. The predicted molar refractivity (Wildman–Crippen MR) is 88.0 cm³/mol. The molecule has 4 heteroatoms. The van der Waals surface area contributed by atoms with E-state index in [9.17, 15) is 4.79 Å². The van der Waals surface area contributed by atoms with Gasteiger partial charge in [-0.25, -0.2) is 0 Å². The highest BCUT2D eigenvalue weighted by Crippen LogP contribution is 2.59. The lowest BCUT2D eigenvalue weighted by atomic mass is 9.91. The number of hydrogen-bond donors (Lipinski definition) is 1. The molecule has 1 amide bonds. The van der Waals surface area contributed by atoms with Gasteiger partial charge in [0.05, 0.1) is 0 Å². The van der Waals surface area contributed by atoms with Gasteiger partial charge >= 0.3 is 0 Å². The van der Waals surface area contributed by atoms with Crippen molar-refractivity contribution in [3.8, 4) is 0 Å². The van der Waals surface area contributed by atoms with Gasteiger partial charge in [-0.05, 0) is 61.9 Å². The number of nitrogens with one attached hydrogen (secondary N) is 1. The van der Waals surface area contributed by atoms with Crippen LogP contribution < -0.4 is 5.32 Å². The number of amides is 1. The third-order valence-electron chi connectivity index (χ3n) is 5.93. The lowest BCUT2D eigenvalue weighted by Gasteiger charge is -2.25. The van der Waals surface area contributed by atoms with E-state index in [1.54, 1.807) is 0 Å². The molecule has 1 saturated carbocycles. The SMILES string of the molecule is O=C(C1CC12CCNCC2)N1CCC(c2ccc(Cl)cc2)C1. The van der Waals surface area contributed by atoms with Crippen LogP contribution in [0.25, 0.3) is 0 Å². The van der Waals surface area contributed by atoms with Crippen LogP contribution in [0.3, 0.4) is 0 Å². The minimum atomic E-state index is 0.304. The quantitative estimate of drug-likeness (QED) is 0.909. The second-order valence-corrected chi connectivity index (χ2v) is 7.63. The third-order valence-corrected chi connectivity index (χ3v) is 6.18. The van der Waals surface area contributed by atoms with Crippen molar-refractivity contribution in [1.29, 1.82) is 0 Å². The molecule has 1 N–H and O–H groups in total. The molecule has 118 valence electrons. The maximum absolute atomic E-state index is 12.8. The van der Waals surface area contributed by atoms with E-state index >= 15 is 0 Å². The molecule has 2 heterocycles. The molecule has 22 heavy (non-hydrogen) atoms. The first-order valence-corrected chi connectivity index (χ1v) is 8.81. The van der Waals surface area contributed by atoms with E-state index in [4.69, 9.17) is 11.6 Å². The smallest absolute Gasteiger partial charge is 0.226 e. The average molecular weight is 319 g/mol. The van der Waals surface area contributed by atoms with Gasteiger partial charge < -0.3 is 10.2 Å². The van der Waals surface area contributed by atoms with Crippen molar-refractivity contribution in [2.45, 2.75) is 31.6 Å². The monoisotopic (exact) mass is 318 g/mol. The standard InChI is InChI=1S/C18H23ClN2O/c19-15-3-1-13(2-4-15)14-5-10-21(12-14)17(22)16-11-18(16)6-8-20-9-7-18/h1-4,14,16,20H,5-12H2. The summed E-state index contributed by atoms with van der Waals surface area (Å²) < 4.78 is 0. The molecular formula is C18H23ClN2O. The van der Waals surface area contributed by atoms with E-state index in [-0.39, 0.29) is 0 Å². The van der Waals surface area contributed by atoms with Crippen molar-refractivity contribution < 1.29 is 4.79 Å². The Morgan fingerprint density at radius 1 is 1.23 bits per heavy atom. The maximum atomic E-state index is 12.8. The molecule has 1 aliphatic carbocycles. The van der Waals surface area contributed by atoms with Crippen LogP contribution in [0.5, 0.6) is 0 Å². The largest absolute Gasteiger partial charge is 0.342 e. The molecule has 3 fully saturated rings. The first-order valence-electron chi connectivity index (χ1n) is 8.43. The fourth-order valence-corrected chi connectivity index (χ4v) is 4.49. The lowest BCUT2D eigenvalue weighted by Crippen LogP contribution is -2.35. The van der Waals surface area contributed by atoms with Gasteiger partial charge in [0.15, 0.2) is 0 Å². The third kappa shape index (κ3) is 2.55. The second kappa shape index (κ2) is 5.54. The van der Waals surface area contributed by atoms with Gasteiger partial charge in [-0.1, -0.05) is 23.7 Å². The van der Waals surface area contributed by atoms with Crippen molar-refractivity contribution in [2.75, 3.05) is 26.2 Å². The number of carbonyl (C=O) groups excluding carboxylic acids is 1. The molecular weight excluding hydrogens is 296 g/mol. The first-order chi connectivity index (χ1) is 10.7. The molecule has 2 unspecified atom stereocenters. The van der Waals surface area contributed by atoms with Gasteiger partial charge in [-0.3, -0.25) is 4.79 Å². The van der Waals surface area contributed by atoms with Gasteiger partial charge in [0.25, 0.3) is 0 Å². The number of rotatable bonds is 2. The first kappa shape index (κ1) is 14.5. The average Bonchev–Trinajstić information content (AvgIpc) is 3.00. The molecule has 0 aromatic heterocycles. The van der Waals surface area contributed by atoms with Crippen molar-refractivity contribution in [3.05, 3.63) is 34.9 Å². The molecule has 1 spiro atoms. The molecule has 0 bridgehead atoms. The summed E-state index contributed by atoms with van der Waals surface area (Å²) in [6.45, 7) is 3.95. The Labute approximate surface area is 137 Å². The molecule has 1 aromatic carbocycles. The predicted octanol–water partition coefficient (Wildman–Crippen LogP) is 3.05. The Bertz CT molecular complexity index is 565. The van der Waals surface area contributed by atoms with Crippen molar-refractivity contribution >= 4 is 17.5 Å². The highest BCUT2D eigenvalue weighted by Gasteiger charge is 2.58. The Hall–Kier alpha value is -1.06. The van der Waals surface area contributed by atoms with E-state index in [1.165, 1.54) is 18.4 Å². The summed E-state index contributed by atoms with van der Waals surface area (Å²) in [5, 5.41) is 4.19. The number of carbonyl (C=O) groups is 1. The zero-order chi connectivity index (χ0) is 15.2. The van der Waals surface area contributed by atoms with Gasteiger partial charge in [0.1, 0.15) is 0 Å². The number of piperidine rings is 1. The summed E-state index contributed by atoms with van der Waals surface area (Å²) in [5.41, 5.74) is 1.66. The summed E-state index contributed by atoms with van der Waals surface area (Å²) in [5.74, 6) is 1.20. The Kier molecular flexibility index (Phi) is 3.66. The highest BCUT2D eigenvalue weighted by atomic mass is 35.5. The topological polar surface area (TPSA) is 32.3 Å². The van der Waals surface area contributed by atoms with E-state index in [0.29, 0.717) is 23.2 Å². The Morgan fingerprint density at radius 3 is 2.68 bits per heavy atom. The van der Waals surface area contributed by atoms with Crippen molar-refractivity contribution in [2.24, 2.45) is 11.3 Å². The molecule has 2 atom stereocenters. The fourth-order valence-electron chi connectivity index (χ4n) is 4.36. The number of nitrogens with zero attached hydrogens (tertiary/aromatic N) is 1. The van der Waals surface area contributed by atoms with E-state index in [1.807, 2.05) is 12.1 Å². The molecule has 2 aliphatic heterocycles. The van der Waals surface area contributed by atoms with Crippen LogP contribution >= 0.6 is 11.6 Å². The number of halogens is 1. The van der Waals surface area contributed by atoms with Crippen LogP contribution in [0.15, 0.2) is 24.3 Å². The molecule has 2 saturated heterocycles. The minimum absolute atomic E-state index is 0.304. The molecule has 3 nitrogen and oxygen atoms in total. The molecule has 4 rings (SSSR count). The number of benzene rings is 1. The van der Waals surface area contributed by atoms with Gasteiger partial charge in [-0.15, -0.1) is 0 Å². The van der Waals surface area contributed by atoms with Gasteiger partial charge in [0.2, 0.25) is 5.91 Å². The summed E-state index contributed by atoms with van der Waals surface area (Å²) in [6, 6.07) is 8.11. The number of likely N-dealkylation sites (tertiary alicyclic amines) is 1. The molecule has 3 aliphatic rings. The molecule has 1 aromatic rings. The summed E-state index contributed by atoms with van der Waals surface area (Å²) in [7, 11) is 0. The minimum Gasteiger partial charge on any atom is -0.342 e. The summed E-state index contributed by atoms with van der Waals surface area (Å²) in [6.07, 6.45) is 4.56. The van der Waals surface area contributed by atoms with Crippen molar-refractivity contribution in [1.82, 2.24) is 10.2 Å². The second-order valence-electron chi connectivity index (χ2n) is 7.19. The van der Waals surface area contributed by atoms with Crippen LogP contribution in [0.4, 0.5) is 0 Å². The zero-order valence-corrected chi connectivity index (χ0v) is 13.6. The molecule has 0 radical (unpaired) electrons. The van der Waals surface area contributed by atoms with Crippen LogP contribution in [0.2, 0.25) is 5.02 Å². The van der Waals surface area contributed by atoms with Crippen LogP contribution in [0, 0.1) is 11.3 Å². The van der Waals surface area contributed by atoms with Crippen LogP contribution in [-0.4, -0.2) is 37.0 Å². The summed E-state index contributed by atoms with van der Waals surface area (Å²) >= 11 is 5.96. The van der Waals surface area contributed by atoms with Crippen molar-refractivity contribution in [3.63, 3.8) is 0 Å². The number of hydrogen-bond acceptors (Lipinski definition) is 2. The van der Waals surface area contributed by atoms with E-state index in [0.717, 1.165) is 44.0 Å². The summed E-state index contributed by atoms with van der Waals surface area (Å²) in [4.78, 5) is 14.9. The fraction of sp³-hybridized carbons (Fsp3) is 0.611. The highest BCUT2D eigenvalue weighted by molar-refractivity contribution is 6.30. The maximum Gasteiger partial charge on any atom is 0.226 e. The van der Waals surface area contributed by atoms with E-state index in [2.05, 4.69) is 22.3 Å². The van der Waals surface area contributed by atoms with E-state index < -0.39 is 0 Å². The Morgan fingerprint density at radius 2 is 1.95 bits per heavy atom. The lowest BCUT2D eigenvalue weighted by molar-refractivity contribution is -0.132.